The Morgan fingerprint density at radius 2 is 1.77 bits per heavy atom. The van der Waals surface area contributed by atoms with Crippen LogP contribution in [0.5, 0.6) is 0 Å². The van der Waals surface area contributed by atoms with Crippen LogP contribution in [0.4, 0.5) is 10.1 Å². The van der Waals surface area contributed by atoms with Crippen molar-refractivity contribution in [2.75, 3.05) is 4.72 Å². The summed E-state index contributed by atoms with van der Waals surface area (Å²) < 4.78 is 40.4. The highest BCUT2D eigenvalue weighted by molar-refractivity contribution is 9.10. The van der Waals surface area contributed by atoms with Crippen molar-refractivity contribution in [1.82, 2.24) is 0 Å². The molecule has 0 bridgehead atoms. The van der Waals surface area contributed by atoms with Gasteiger partial charge in [0.1, 0.15) is 5.56 Å². The SMILES string of the molecule is Cc1ccc(S(=O)(=O)Nc2ccc(Br)c(F)c2C(=O)O)cc1. The van der Waals surface area contributed by atoms with Crippen molar-refractivity contribution in [3.63, 3.8) is 0 Å². The fraction of sp³-hybridized carbons (Fsp3) is 0.0714. The topological polar surface area (TPSA) is 83.5 Å². The Hall–Kier alpha value is -1.93. The van der Waals surface area contributed by atoms with Gasteiger partial charge in [0.05, 0.1) is 15.1 Å². The molecule has 0 aliphatic heterocycles. The van der Waals surface area contributed by atoms with E-state index in [0.717, 1.165) is 5.56 Å². The molecule has 0 saturated heterocycles. The van der Waals surface area contributed by atoms with Gasteiger partial charge >= 0.3 is 5.97 Å². The highest BCUT2D eigenvalue weighted by Crippen LogP contribution is 2.28. The van der Waals surface area contributed by atoms with E-state index in [9.17, 15) is 17.6 Å². The molecule has 0 aliphatic rings. The monoisotopic (exact) mass is 387 g/mol. The van der Waals surface area contributed by atoms with Crippen LogP contribution in [0.1, 0.15) is 15.9 Å². The molecule has 116 valence electrons. The predicted molar refractivity (Wildman–Crippen MR) is 83.0 cm³/mol. The molecule has 2 aromatic carbocycles. The van der Waals surface area contributed by atoms with E-state index in [4.69, 9.17) is 5.11 Å². The van der Waals surface area contributed by atoms with E-state index < -0.39 is 27.4 Å². The number of aromatic carboxylic acids is 1. The molecule has 0 spiro atoms. The van der Waals surface area contributed by atoms with Crippen LogP contribution in [0.2, 0.25) is 0 Å². The Labute approximate surface area is 135 Å². The van der Waals surface area contributed by atoms with Gasteiger partial charge in [-0.15, -0.1) is 0 Å². The standard InChI is InChI=1S/C14H11BrFNO4S/c1-8-2-4-9(5-3-8)22(20,21)17-11-7-6-10(15)13(16)12(11)14(18)19/h2-7,17H,1H3,(H,18,19). The number of carboxylic acids is 1. The van der Waals surface area contributed by atoms with Gasteiger partial charge in [-0.25, -0.2) is 17.6 Å². The fourth-order valence-electron chi connectivity index (χ4n) is 1.77. The van der Waals surface area contributed by atoms with Crippen LogP contribution in [0, 0.1) is 12.7 Å². The van der Waals surface area contributed by atoms with Crippen LogP contribution in [0.3, 0.4) is 0 Å². The van der Waals surface area contributed by atoms with E-state index >= 15 is 0 Å². The Balaban J connectivity index is 2.48. The lowest BCUT2D eigenvalue weighted by molar-refractivity contribution is 0.0693. The van der Waals surface area contributed by atoms with E-state index in [-0.39, 0.29) is 15.1 Å². The molecule has 0 unspecified atom stereocenters. The molecular weight excluding hydrogens is 377 g/mol. The first-order valence-corrected chi connectivity index (χ1v) is 8.31. The second-order valence-corrected chi connectivity index (χ2v) is 7.04. The van der Waals surface area contributed by atoms with Gasteiger partial charge in [-0.2, -0.15) is 0 Å². The number of hydrogen-bond acceptors (Lipinski definition) is 3. The number of benzene rings is 2. The second-order valence-electron chi connectivity index (χ2n) is 4.51. The molecule has 2 N–H and O–H groups in total. The third-order valence-corrected chi connectivity index (χ3v) is 4.88. The number of nitrogens with one attached hydrogen (secondary N) is 1. The maximum Gasteiger partial charge on any atom is 0.340 e. The summed E-state index contributed by atoms with van der Waals surface area (Å²) in [6.45, 7) is 1.80. The molecule has 0 heterocycles. The lowest BCUT2D eigenvalue weighted by atomic mass is 10.2. The second kappa shape index (κ2) is 6.05. The van der Waals surface area contributed by atoms with E-state index in [1.807, 2.05) is 0 Å². The average molecular weight is 388 g/mol. The van der Waals surface area contributed by atoms with Crippen molar-refractivity contribution >= 4 is 37.6 Å². The van der Waals surface area contributed by atoms with Crippen LogP contribution in [0.15, 0.2) is 45.8 Å². The number of aryl methyl sites for hydroxylation is 1. The van der Waals surface area contributed by atoms with Crippen LogP contribution in [-0.2, 0) is 10.0 Å². The number of carboxylic acid groups (broad SMARTS) is 1. The Bertz CT molecular complexity index is 835. The zero-order valence-corrected chi connectivity index (χ0v) is 13.7. The van der Waals surface area contributed by atoms with Gasteiger partial charge in [0.25, 0.3) is 10.0 Å². The average Bonchev–Trinajstić information content (AvgIpc) is 2.43. The molecule has 0 fully saturated rings. The van der Waals surface area contributed by atoms with Crippen LogP contribution in [0.25, 0.3) is 0 Å². The molecule has 0 saturated carbocycles. The molecular formula is C14H11BrFNO4S. The lowest BCUT2D eigenvalue weighted by Crippen LogP contribution is -2.16. The minimum absolute atomic E-state index is 0.0437. The van der Waals surface area contributed by atoms with E-state index in [1.54, 1.807) is 19.1 Å². The quantitative estimate of drug-likeness (QED) is 0.841. The normalized spacial score (nSPS) is 11.2. The van der Waals surface area contributed by atoms with Gasteiger partial charge < -0.3 is 5.11 Å². The van der Waals surface area contributed by atoms with Gasteiger partial charge in [0.15, 0.2) is 5.82 Å². The van der Waals surface area contributed by atoms with E-state index in [1.165, 1.54) is 24.3 Å². The molecule has 2 rings (SSSR count). The highest BCUT2D eigenvalue weighted by atomic mass is 79.9. The number of hydrogen-bond donors (Lipinski definition) is 2. The van der Waals surface area contributed by atoms with Gasteiger partial charge in [0, 0.05) is 0 Å². The number of rotatable bonds is 4. The zero-order chi connectivity index (χ0) is 16.5. The minimum atomic E-state index is -4.01. The van der Waals surface area contributed by atoms with Crippen LogP contribution >= 0.6 is 15.9 Å². The first-order chi connectivity index (χ1) is 10.2. The Kier molecular flexibility index (Phi) is 4.52. The molecule has 22 heavy (non-hydrogen) atoms. The van der Waals surface area contributed by atoms with Gasteiger partial charge in [-0.05, 0) is 47.1 Å². The molecule has 0 aromatic heterocycles. The highest BCUT2D eigenvalue weighted by Gasteiger charge is 2.23. The summed E-state index contributed by atoms with van der Waals surface area (Å²) in [5.74, 6) is -2.61. The molecule has 0 atom stereocenters. The first-order valence-electron chi connectivity index (χ1n) is 6.03. The third kappa shape index (κ3) is 3.28. The van der Waals surface area contributed by atoms with E-state index in [0.29, 0.717) is 0 Å². The largest absolute Gasteiger partial charge is 0.478 e. The van der Waals surface area contributed by atoms with Crippen molar-refractivity contribution in [3.8, 4) is 0 Å². The van der Waals surface area contributed by atoms with Crippen molar-refractivity contribution in [2.45, 2.75) is 11.8 Å². The summed E-state index contributed by atoms with van der Waals surface area (Å²) in [6.07, 6.45) is 0. The molecule has 8 heteroatoms. The number of anilines is 1. The molecule has 5 nitrogen and oxygen atoms in total. The van der Waals surface area contributed by atoms with Crippen LogP contribution < -0.4 is 4.72 Å². The molecule has 0 amide bonds. The summed E-state index contributed by atoms with van der Waals surface area (Å²) in [5.41, 5.74) is -0.210. The van der Waals surface area contributed by atoms with Gasteiger partial charge in [-0.3, -0.25) is 4.72 Å². The van der Waals surface area contributed by atoms with Crippen molar-refractivity contribution in [2.24, 2.45) is 0 Å². The zero-order valence-electron chi connectivity index (χ0n) is 11.3. The van der Waals surface area contributed by atoms with Crippen molar-refractivity contribution in [3.05, 3.63) is 57.8 Å². The van der Waals surface area contributed by atoms with Crippen molar-refractivity contribution in [1.29, 1.82) is 0 Å². The molecule has 0 aliphatic carbocycles. The number of halogens is 2. The third-order valence-electron chi connectivity index (χ3n) is 2.88. The number of sulfonamides is 1. The van der Waals surface area contributed by atoms with Gasteiger partial charge in [0.2, 0.25) is 0 Å². The number of carbonyl (C=O) groups is 1. The maximum atomic E-state index is 13.9. The van der Waals surface area contributed by atoms with Crippen LogP contribution in [-0.4, -0.2) is 19.5 Å². The summed E-state index contributed by atoms with van der Waals surface area (Å²) in [6, 6.07) is 8.39. The lowest BCUT2D eigenvalue weighted by Gasteiger charge is -2.12. The smallest absolute Gasteiger partial charge is 0.340 e. The maximum absolute atomic E-state index is 13.9. The summed E-state index contributed by atoms with van der Waals surface area (Å²) in [7, 11) is -4.01. The minimum Gasteiger partial charge on any atom is -0.478 e. The first kappa shape index (κ1) is 16.4. The Morgan fingerprint density at radius 1 is 1.18 bits per heavy atom. The van der Waals surface area contributed by atoms with Crippen molar-refractivity contribution < 1.29 is 22.7 Å². The molecule has 2 aromatic rings. The predicted octanol–water partition coefficient (Wildman–Crippen LogP) is 3.40. The molecule has 0 radical (unpaired) electrons. The fourth-order valence-corrected chi connectivity index (χ4v) is 3.17. The summed E-state index contributed by atoms with van der Waals surface area (Å²) in [5, 5.41) is 9.08. The van der Waals surface area contributed by atoms with E-state index in [2.05, 4.69) is 20.7 Å². The summed E-state index contributed by atoms with van der Waals surface area (Å²) in [4.78, 5) is 11.1. The summed E-state index contributed by atoms with van der Waals surface area (Å²) >= 11 is 2.87. The van der Waals surface area contributed by atoms with Gasteiger partial charge in [-0.1, -0.05) is 17.7 Å². The Morgan fingerprint density at radius 3 is 2.32 bits per heavy atom.